The van der Waals surface area contributed by atoms with Gasteiger partial charge in [0.05, 0.1) is 11.9 Å². The molecule has 1 unspecified atom stereocenters. The van der Waals surface area contributed by atoms with Crippen LogP contribution in [0.5, 0.6) is 0 Å². The molecule has 5 N–H and O–H groups in total. The molecule has 0 bridgehead atoms. The monoisotopic (exact) mass is 484 g/mol. The number of hydrogen-bond acceptors (Lipinski definition) is 5. The minimum Gasteiger partial charge on any atom is -0.393 e. The van der Waals surface area contributed by atoms with E-state index in [0.29, 0.717) is 41.4 Å². The van der Waals surface area contributed by atoms with Crippen molar-refractivity contribution in [1.29, 1.82) is 0 Å². The van der Waals surface area contributed by atoms with E-state index in [4.69, 9.17) is 10.3 Å². The molecule has 4 rings (SSSR count). The molecule has 0 spiro atoms. The summed E-state index contributed by atoms with van der Waals surface area (Å²) in [6.07, 6.45) is 11.0. The van der Waals surface area contributed by atoms with Gasteiger partial charge >= 0.3 is 0 Å². The van der Waals surface area contributed by atoms with Crippen LogP contribution in [0.25, 0.3) is 0 Å². The number of carbonyl (C=O) groups excluding carboxylic acids is 1. The summed E-state index contributed by atoms with van der Waals surface area (Å²) in [7, 11) is -4.04. The fourth-order valence-corrected chi connectivity index (χ4v) is 9.16. The quantitative estimate of drug-likeness (QED) is 0.411. The molecule has 0 saturated heterocycles. The van der Waals surface area contributed by atoms with Gasteiger partial charge in [-0.15, -0.1) is 0 Å². The van der Waals surface area contributed by atoms with Crippen molar-refractivity contribution >= 4 is 16.0 Å². The van der Waals surface area contributed by atoms with Gasteiger partial charge in [-0.25, -0.2) is 0 Å². The Balaban J connectivity index is 1.34. The molecule has 8 heteroatoms. The van der Waals surface area contributed by atoms with Gasteiger partial charge < -0.3 is 16.2 Å². The first-order valence-corrected chi connectivity index (χ1v) is 14.7. The highest BCUT2D eigenvalue weighted by Crippen LogP contribution is 2.67. The van der Waals surface area contributed by atoms with Crippen LogP contribution in [-0.2, 0) is 14.9 Å². The number of rotatable bonds is 7. The van der Waals surface area contributed by atoms with Gasteiger partial charge in [0, 0.05) is 19.0 Å². The van der Waals surface area contributed by atoms with Crippen LogP contribution in [0.4, 0.5) is 0 Å². The lowest BCUT2D eigenvalue weighted by Gasteiger charge is -2.62. The maximum absolute atomic E-state index is 12.1. The summed E-state index contributed by atoms with van der Waals surface area (Å²) in [5.74, 6) is 2.48. The molecule has 4 aliphatic rings. The highest BCUT2D eigenvalue weighted by Gasteiger charge is 2.61. The Hall–Kier alpha value is -0.700. The van der Waals surface area contributed by atoms with Gasteiger partial charge in [-0.1, -0.05) is 13.8 Å². The van der Waals surface area contributed by atoms with Crippen LogP contribution in [-0.4, -0.2) is 48.4 Å². The average molecular weight is 485 g/mol. The lowest BCUT2D eigenvalue weighted by molar-refractivity contribution is -0.134. The van der Waals surface area contributed by atoms with Crippen molar-refractivity contribution in [1.82, 2.24) is 5.32 Å². The highest BCUT2D eigenvalue weighted by molar-refractivity contribution is 7.85. The smallest absolute Gasteiger partial charge is 0.266 e. The second kappa shape index (κ2) is 9.40. The summed E-state index contributed by atoms with van der Waals surface area (Å²) < 4.78 is 30.4. The molecule has 9 atom stereocenters. The Kier molecular flexibility index (Phi) is 7.23. The predicted octanol–water partition coefficient (Wildman–Crippen LogP) is 3.12. The van der Waals surface area contributed by atoms with Gasteiger partial charge in [-0.2, -0.15) is 8.42 Å². The van der Waals surface area contributed by atoms with Gasteiger partial charge in [0.25, 0.3) is 10.1 Å². The minimum atomic E-state index is -4.04. The zero-order valence-corrected chi connectivity index (χ0v) is 21.2. The van der Waals surface area contributed by atoms with E-state index in [1.54, 1.807) is 0 Å². The Morgan fingerprint density at radius 2 is 1.76 bits per heavy atom. The predicted molar refractivity (Wildman–Crippen MR) is 128 cm³/mol. The average Bonchev–Trinajstić information content (AvgIpc) is 3.05. The van der Waals surface area contributed by atoms with Gasteiger partial charge in [-0.05, 0) is 105 Å². The first-order valence-electron chi connectivity index (χ1n) is 13.1. The van der Waals surface area contributed by atoms with Gasteiger partial charge in [0.1, 0.15) is 0 Å². The fourth-order valence-electron chi connectivity index (χ4n) is 8.80. The molecule has 0 heterocycles. The maximum Gasteiger partial charge on any atom is 0.266 e. The lowest BCUT2D eigenvalue weighted by atomic mass is 9.43. The second-order valence-electron chi connectivity index (χ2n) is 12.2. The van der Waals surface area contributed by atoms with E-state index < -0.39 is 15.9 Å². The third-order valence-electron chi connectivity index (χ3n) is 10.6. The molecule has 190 valence electrons. The summed E-state index contributed by atoms with van der Waals surface area (Å²) in [6.45, 7) is 4.92. The van der Waals surface area contributed by atoms with Gasteiger partial charge in [-0.3, -0.25) is 9.35 Å². The van der Waals surface area contributed by atoms with E-state index in [1.165, 1.54) is 25.7 Å². The Labute approximate surface area is 199 Å². The minimum absolute atomic E-state index is 0.0430. The second-order valence-corrected chi connectivity index (χ2v) is 13.7. The Morgan fingerprint density at radius 1 is 1.06 bits per heavy atom. The number of fused-ring (bicyclic) bond motifs is 5. The summed E-state index contributed by atoms with van der Waals surface area (Å²) in [5, 5.41) is 12.9. The van der Waals surface area contributed by atoms with E-state index in [2.05, 4.69) is 19.2 Å². The van der Waals surface area contributed by atoms with Crippen molar-refractivity contribution in [3.05, 3.63) is 0 Å². The maximum atomic E-state index is 12.1. The SMILES string of the molecule is C[C@]12CC[C@H]3[C@@H]([C@@H](N)CC4C[C@H](O)CC[C@@]43C)[C@@H]1CC[C@@H]2CCCC(=O)NCCS(=O)(=O)O. The van der Waals surface area contributed by atoms with Crippen molar-refractivity contribution in [3.63, 3.8) is 0 Å². The highest BCUT2D eigenvalue weighted by atomic mass is 32.2. The van der Waals surface area contributed by atoms with Crippen LogP contribution in [0.3, 0.4) is 0 Å². The van der Waals surface area contributed by atoms with Crippen LogP contribution < -0.4 is 11.1 Å². The topological polar surface area (TPSA) is 130 Å². The van der Waals surface area contributed by atoms with Crippen LogP contribution in [0.2, 0.25) is 0 Å². The molecule has 33 heavy (non-hydrogen) atoms. The summed E-state index contributed by atoms with van der Waals surface area (Å²) >= 11 is 0. The molecular formula is C25H44N2O5S. The number of hydrogen-bond donors (Lipinski definition) is 4. The number of amides is 1. The zero-order chi connectivity index (χ0) is 24.0. The van der Waals surface area contributed by atoms with Crippen LogP contribution in [0.1, 0.15) is 84.5 Å². The molecule has 0 aromatic heterocycles. The Morgan fingerprint density at radius 3 is 2.48 bits per heavy atom. The summed E-state index contributed by atoms with van der Waals surface area (Å²) in [4.78, 5) is 12.1. The van der Waals surface area contributed by atoms with E-state index in [0.717, 1.165) is 38.5 Å². The molecule has 0 aliphatic heterocycles. The standard InChI is InChI=1S/C25H44N2O5S/c1-24-11-9-20-23(21(26)15-17-14-18(28)8-10-25(17,20)2)19(24)7-6-16(24)4-3-5-22(29)27-12-13-33(30,31)32/h16-21,23,28H,3-15,26H2,1-2H3,(H,27,29)(H,30,31,32)/t16-,17?,18+,19-,20-,21-,23-,24+,25-/m0/s1. The molecule has 1 amide bonds. The molecule has 4 fully saturated rings. The fraction of sp³-hybridized carbons (Fsp3) is 0.960. The lowest BCUT2D eigenvalue weighted by Crippen LogP contribution is -2.60. The first-order chi connectivity index (χ1) is 15.4. The van der Waals surface area contributed by atoms with Crippen LogP contribution in [0, 0.1) is 40.4 Å². The van der Waals surface area contributed by atoms with E-state index in [1.807, 2.05) is 0 Å². The largest absolute Gasteiger partial charge is 0.393 e. The normalized spacial score (nSPS) is 45.1. The number of aliphatic hydroxyl groups excluding tert-OH is 1. The van der Waals surface area contributed by atoms with Gasteiger partial charge in [0.15, 0.2) is 0 Å². The summed E-state index contributed by atoms with van der Waals surface area (Å²) in [5.41, 5.74) is 7.49. The number of aliphatic hydroxyl groups is 1. The van der Waals surface area contributed by atoms with E-state index >= 15 is 0 Å². The molecule has 4 saturated carbocycles. The number of nitrogens with two attached hydrogens (primary N) is 1. The molecule has 0 aromatic carbocycles. The Bertz CT molecular complexity index is 835. The number of nitrogens with one attached hydrogen (secondary N) is 1. The van der Waals surface area contributed by atoms with Gasteiger partial charge in [0.2, 0.25) is 5.91 Å². The van der Waals surface area contributed by atoms with Crippen LogP contribution in [0.15, 0.2) is 0 Å². The van der Waals surface area contributed by atoms with Crippen LogP contribution >= 0.6 is 0 Å². The van der Waals surface area contributed by atoms with E-state index in [9.17, 15) is 18.3 Å². The zero-order valence-electron chi connectivity index (χ0n) is 20.3. The molecule has 4 aliphatic carbocycles. The third kappa shape index (κ3) is 5.00. The van der Waals surface area contributed by atoms with Crippen molar-refractivity contribution in [2.24, 2.45) is 46.2 Å². The van der Waals surface area contributed by atoms with Crippen molar-refractivity contribution in [3.8, 4) is 0 Å². The summed E-state index contributed by atoms with van der Waals surface area (Å²) in [6, 6.07) is 0.232. The number of carbonyl (C=O) groups is 1. The van der Waals surface area contributed by atoms with Crippen molar-refractivity contribution in [2.45, 2.75) is 96.6 Å². The van der Waals surface area contributed by atoms with E-state index in [-0.39, 0.29) is 30.0 Å². The first kappa shape index (κ1) is 25.4. The molecular weight excluding hydrogens is 440 g/mol. The molecule has 0 aromatic rings. The van der Waals surface area contributed by atoms with Crippen molar-refractivity contribution in [2.75, 3.05) is 12.3 Å². The van der Waals surface area contributed by atoms with Crippen molar-refractivity contribution < 1.29 is 22.9 Å². The third-order valence-corrected chi connectivity index (χ3v) is 11.3. The molecule has 0 radical (unpaired) electrons. The molecule has 7 nitrogen and oxygen atoms in total.